The molecule has 0 radical (unpaired) electrons. The van der Waals surface area contributed by atoms with Crippen molar-refractivity contribution >= 4 is 23.0 Å². The molecule has 0 amide bonds. The van der Waals surface area contributed by atoms with Crippen molar-refractivity contribution in [3.63, 3.8) is 0 Å². The van der Waals surface area contributed by atoms with Crippen molar-refractivity contribution in [2.45, 2.75) is 33.6 Å². The molecule has 0 aliphatic carbocycles. The lowest BCUT2D eigenvalue weighted by molar-refractivity contribution is 0.517. The quantitative estimate of drug-likeness (QED) is 0.764. The number of hydrogen-bond donors (Lipinski definition) is 2. The molecular weight excluding hydrogens is 232 g/mol. The molecule has 0 aromatic carbocycles. The van der Waals surface area contributed by atoms with E-state index in [1.54, 1.807) is 0 Å². The molecule has 3 N–H and O–H groups in total. The van der Waals surface area contributed by atoms with Crippen LogP contribution in [0.2, 0.25) is 0 Å². The molecule has 0 aliphatic rings. The minimum Gasteiger partial charge on any atom is -0.389 e. The number of rotatable bonds is 6. The maximum Gasteiger partial charge on any atom is 0.134 e. The fraction of sp³-hybridized carbons (Fsp3) is 0.667. The van der Waals surface area contributed by atoms with Crippen molar-refractivity contribution in [3.8, 4) is 0 Å². The monoisotopic (exact) mass is 254 g/mol. The van der Waals surface area contributed by atoms with E-state index in [1.165, 1.54) is 12.8 Å². The summed E-state index contributed by atoms with van der Waals surface area (Å²) < 4.78 is 1.81. The highest BCUT2D eigenvalue weighted by Gasteiger charge is 2.16. The van der Waals surface area contributed by atoms with E-state index < -0.39 is 0 Å². The van der Waals surface area contributed by atoms with E-state index in [4.69, 9.17) is 18.0 Å². The predicted octanol–water partition coefficient (Wildman–Crippen LogP) is 2.21. The molecule has 0 atom stereocenters. The molecule has 17 heavy (non-hydrogen) atoms. The predicted molar refractivity (Wildman–Crippen MR) is 76.4 cm³/mol. The number of hydrogen-bond acceptors (Lipinski definition) is 3. The van der Waals surface area contributed by atoms with Crippen molar-refractivity contribution in [2.75, 3.05) is 11.9 Å². The Morgan fingerprint density at radius 2 is 2.06 bits per heavy atom. The Hall–Kier alpha value is -1.10. The zero-order valence-electron chi connectivity index (χ0n) is 11.1. The molecule has 0 saturated heterocycles. The standard InChI is InChI=1S/C12H22N4S/c1-5-9(6-2)7-14-12-10(11(13)17)8(3)15-16(12)4/h9,14H,5-7H2,1-4H3,(H2,13,17). The minimum absolute atomic E-state index is 0.405. The van der Waals surface area contributed by atoms with Crippen LogP contribution in [0.5, 0.6) is 0 Å². The van der Waals surface area contributed by atoms with Gasteiger partial charge in [0.15, 0.2) is 0 Å². The Bertz CT molecular complexity index is 393. The van der Waals surface area contributed by atoms with Gasteiger partial charge in [-0.2, -0.15) is 5.10 Å². The van der Waals surface area contributed by atoms with Crippen LogP contribution in [-0.2, 0) is 7.05 Å². The average molecular weight is 254 g/mol. The molecule has 1 heterocycles. The van der Waals surface area contributed by atoms with Gasteiger partial charge >= 0.3 is 0 Å². The van der Waals surface area contributed by atoms with E-state index in [2.05, 4.69) is 24.3 Å². The molecule has 4 nitrogen and oxygen atoms in total. The van der Waals surface area contributed by atoms with Crippen LogP contribution >= 0.6 is 12.2 Å². The zero-order valence-corrected chi connectivity index (χ0v) is 11.9. The summed E-state index contributed by atoms with van der Waals surface area (Å²) in [5, 5.41) is 7.77. The van der Waals surface area contributed by atoms with E-state index in [0.717, 1.165) is 23.6 Å². The van der Waals surface area contributed by atoms with Gasteiger partial charge in [-0.05, 0) is 12.8 Å². The van der Waals surface area contributed by atoms with Crippen molar-refractivity contribution in [1.29, 1.82) is 0 Å². The van der Waals surface area contributed by atoms with Gasteiger partial charge in [0.1, 0.15) is 10.8 Å². The Morgan fingerprint density at radius 3 is 2.53 bits per heavy atom. The summed E-state index contributed by atoms with van der Waals surface area (Å²) >= 11 is 5.07. The lowest BCUT2D eigenvalue weighted by Gasteiger charge is -2.15. The molecule has 0 fully saturated rings. The maximum atomic E-state index is 5.74. The molecule has 1 aromatic rings. The van der Waals surface area contributed by atoms with Crippen molar-refractivity contribution in [3.05, 3.63) is 11.3 Å². The molecule has 0 aliphatic heterocycles. The fourth-order valence-electron chi connectivity index (χ4n) is 1.97. The summed E-state index contributed by atoms with van der Waals surface area (Å²) in [6, 6.07) is 0. The van der Waals surface area contributed by atoms with E-state index in [0.29, 0.717) is 10.9 Å². The third-order valence-corrected chi connectivity index (χ3v) is 3.39. The van der Waals surface area contributed by atoms with Crippen LogP contribution in [0, 0.1) is 12.8 Å². The van der Waals surface area contributed by atoms with Crippen LogP contribution in [0.1, 0.15) is 37.9 Å². The molecule has 0 saturated carbocycles. The Kier molecular flexibility index (Phi) is 4.93. The van der Waals surface area contributed by atoms with Gasteiger partial charge in [0.05, 0.1) is 11.3 Å². The second-order valence-electron chi connectivity index (χ2n) is 4.36. The lowest BCUT2D eigenvalue weighted by Crippen LogP contribution is -2.18. The van der Waals surface area contributed by atoms with Crippen LogP contribution in [0.15, 0.2) is 0 Å². The van der Waals surface area contributed by atoms with Crippen LogP contribution in [0.4, 0.5) is 5.82 Å². The topological polar surface area (TPSA) is 55.9 Å². The number of thiocarbonyl (C=S) groups is 1. The molecule has 0 bridgehead atoms. The van der Waals surface area contributed by atoms with Crippen molar-refractivity contribution < 1.29 is 0 Å². The molecular formula is C12H22N4S. The first-order chi connectivity index (χ1) is 8.01. The fourth-order valence-corrected chi connectivity index (χ4v) is 2.22. The molecule has 1 aromatic heterocycles. The summed E-state index contributed by atoms with van der Waals surface area (Å²) in [4.78, 5) is 0.405. The van der Waals surface area contributed by atoms with Gasteiger partial charge in [-0.25, -0.2) is 0 Å². The molecule has 1 rings (SSSR count). The van der Waals surface area contributed by atoms with Crippen LogP contribution < -0.4 is 11.1 Å². The van der Waals surface area contributed by atoms with Gasteiger partial charge < -0.3 is 11.1 Å². The van der Waals surface area contributed by atoms with Gasteiger partial charge in [-0.15, -0.1) is 0 Å². The number of aromatic nitrogens is 2. The Morgan fingerprint density at radius 1 is 1.47 bits per heavy atom. The minimum atomic E-state index is 0.405. The first kappa shape index (κ1) is 14.0. The van der Waals surface area contributed by atoms with Crippen molar-refractivity contribution in [1.82, 2.24) is 9.78 Å². The summed E-state index contributed by atoms with van der Waals surface area (Å²) in [5.74, 6) is 1.60. The SMILES string of the molecule is CCC(CC)CNc1c(C(N)=S)c(C)nn1C. The molecule has 0 unspecified atom stereocenters. The van der Waals surface area contributed by atoms with E-state index in [9.17, 15) is 0 Å². The summed E-state index contributed by atoms with van der Waals surface area (Å²) in [7, 11) is 1.91. The maximum absolute atomic E-state index is 5.74. The van der Waals surface area contributed by atoms with E-state index in [-0.39, 0.29) is 0 Å². The van der Waals surface area contributed by atoms with Crippen LogP contribution in [-0.4, -0.2) is 21.3 Å². The van der Waals surface area contributed by atoms with Crippen LogP contribution in [0.3, 0.4) is 0 Å². The number of anilines is 1. The molecule has 5 heteroatoms. The third-order valence-electron chi connectivity index (χ3n) is 3.18. The second-order valence-corrected chi connectivity index (χ2v) is 4.80. The lowest BCUT2D eigenvalue weighted by atomic mass is 10.0. The smallest absolute Gasteiger partial charge is 0.134 e. The number of nitrogens with zero attached hydrogens (tertiary/aromatic N) is 2. The van der Waals surface area contributed by atoms with Gasteiger partial charge in [-0.1, -0.05) is 38.9 Å². The number of nitrogens with two attached hydrogens (primary N) is 1. The molecule has 0 spiro atoms. The first-order valence-electron chi connectivity index (χ1n) is 6.08. The van der Waals surface area contributed by atoms with Crippen molar-refractivity contribution in [2.24, 2.45) is 18.7 Å². The summed E-state index contributed by atoms with van der Waals surface area (Å²) in [6.07, 6.45) is 2.34. The second kappa shape index (κ2) is 6.00. The Labute approximate surface area is 109 Å². The van der Waals surface area contributed by atoms with E-state index >= 15 is 0 Å². The highest BCUT2D eigenvalue weighted by Crippen LogP contribution is 2.19. The van der Waals surface area contributed by atoms with Gasteiger partial charge in [-0.3, -0.25) is 4.68 Å². The number of nitrogens with one attached hydrogen (secondary N) is 1. The van der Waals surface area contributed by atoms with Gasteiger partial charge in [0.25, 0.3) is 0 Å². The van der Waals surface area contributed by atoms with E-state index in [1.807, 2.05) is 18.7 Å². The third kappa shape index (κ3) is 3.19. The average Bonchev–Trinajstić information content (AvgIpc) is 2.55. The normalized spacial score (nSPS) is 10.9. The summed E-state index contributed by atoms with van der Waals surface area (Å²) in [6.45, 7) is 7.27. The van der Waals surface area contributed by atoms with Gasteiger partial charge in [0, 0.05) is 13.6 Å². The Balaban J connectivity index is 2.86. The molecule has 96 valence electrons. The van der Waals surface area contributed by atoms with Gasteiger partial charge in [0.2, 0.25) is 0 Å². The highest BCUT2D eigenvalue weighted by molar-refractivity contribution is 7.80. The number of aryl methyl sites for hydroxylation is 2. The summed E-state index contributed by atoms with van der Waals surface area (Å²) in [5.41, 5.74) is 7.49. The van der Waals surface area contributed by atoms with Crippen LogP contribution in [0.25, 0.3) is 0 Å². The largest absolute Gasteiger partial charge is 0.389 e. The first-order valence-corrected chi connectivity index (χ1v) is 6.49. The highest BCUT2D eigenvalue weighted by atomic mass is 32.1. The zero-order chi connectivity index (χ0) is 13.0.